The minimum Gasteiger partial charge on any atom is -0.330 e. The fourth-order valence-electron chi connectivity index (χ4n) is 4.03. The van der Waals surface area contributed by atoms with E-state index in [-0.39, 0.29) is 0 Å². The first-order valence-electron chi connectivity index (χ1n) is 8.36. The highest BCUT2D eigenvalue weighted by atomic mass is 15.2. The number of nitrogens with zero attached hydrogens (tertiary/aromatic N) is 2. The molecule has 2 aliphatic heterocycles. The van der Waals surface area contributed by atoms with Crippen molar-refractivity contribution in [2.45, 2.75) is 31.2 Å². The van der Waals surface area contributed by atoms with Gasteiger partial charge in [-0.15, -0.1) is 0 Å². The highest BCUT2D eigenvalue weighted by molar-refractivity contribution is 5.29. The van der Waals surface area contributed by atoms with Gasteiger partial charge in [-0.2, -0.15) is 0 Å². The van der Waals surface area contributed by atoms with Gasteiger partial charge in [-0.3, -0.25) is 4.90 Å². The van der Waals surface area contributed by atoms with Crippen LogP contribution in [-0.2, 0) is 0 Å². The molecule has 2 N–H and O–H groups in total. The lowest BCUT2D eigenvalue weighted by Gasteiger charge is -2.30. The quantitative estimate of drug-likeness (QED) is 0.927. The summed E-state index contributed by atoms with van der Waals surface area (Å²) in [5, 5.41) is 0. The van der Waals surface area contributed by atoms with Gasteiger partial charge < -0.3 is 10.6 Å². The number of hydrogen-bond donors (Lipinski definition) is 1. The van der Waals surface area contributed by atoms with Crippen molar-refractivity contribution < 1.29 is 0 Å². The maximum atomic E-state index is 5.86. The van der Waals surface area contributed by atoms with E-state index < -0.39 is 0 Å². The van der Waals surface area contributed by atoms with Gasteiger partial charge in [-0.05, 0) is 76.0 Å². The van der Waals surface area contributed by atoms with Crippen LogP contribution in [0.15, 0.2) is 24.3 Å². The molecule has 0 saturated carbocycles. The summed E-state index contributed by atoms with van der Waals surface area (Å²) in [6.45, 7) is 4.41. The maximum Gasteiger partial charge on any atom is 0.0348 e. The smallest absolute Gasteiger partial charge is 0.0348 e. The zero-order valence-electron chi connectivity index (χ0n) is 13.5. The Balaban J connectivity index is 1.74. The van der Waals surface area contributed by atoms with Crippen molar-refractivity contribution in [2.75, 3.05) is 40.3 Å². The SMILES string of the molecule is CN1CCC(c2cccc(C3CC(CN)CN3C)c2)CC1. The first-order chi connectivity index (χ1) is 10.2. The van der Waals surface area contributed by atoms with E-state index in [2.05, 4.69) is 48.2 Å². The minimum atomic E-state index is 0.560. The van der Waals surface area contributed by atoms with Crippen LogP contribution in [0.25, 0.3) is 0 Å². The van der Waals surface area contributed by atoms with Crippen LogP contribution in [-0.4, -0.2) is 50.1 Å². The first-order valence-corrected chi connectivity index (χ1v) is 8.36. The van der Waals surface area contributed by atoms with Crippen LogP contribution in [0.2, 0.25) is 0 Å². The number of nitrogens with two attached hydrogens (primary N) is 1. The number of hydrogen-bond acceptors (Lipinski definition) is 3. The highest BCUT2D eigenvalue weighted by Gasteiger charge is 2.30. The molecule has 2 aliphatic rings. The third-order valence-electron chi connectivity index (χ3n) is 5.45. The third-order valence-corrected chi connectivity index (χ3v) is 5.45. The Morgan fingerprint density at radius 1 is 1.14 bits per heavy atom. The first kappa shape index (κ1) is 15.0. The third kappa shape index (κ3) is 3.31. The van der Waals surface area contributed by atoms with Crippen LogP contribution in [0.4, 0.5) is 0 Å². The molecule has 0 amide bonds. The van der Waals surface area contributed by atoms with E-state index in [1.807, 2.05) is 0 Å². The fourth-order valence-corrected chi connectivity index (χ4v) is 4.03. The van der Waals surface area contributed by atoms with Gasteiger partial charge in [-0.25, -0.2) is 0 Å². The molecule has 1 aromatic rings. The van der Waals surface area contributed by atoms with Gasteiger partial charge in [0.2, 0.25) is 0 Å². The normalized spacial score (nSPS) is 29.1. The largest absolute Gasteiger partial charge is 0.330 e. The van der Waals surface area contributed by atoms with E-state index in [0.29, 0.717) is 12.0 Å². The fraction of sp³-hybridized carbons (Fsp3) is 0.667. The lowest BCUT2D eigenvalue weighted by molar-refractivity contribution is 0.255. The molecule has 2 unspecified atom stereocenters. The van der Waals surface area contributed by atoms with Crippen LogP contribution in [0.1, 0.15) is 42.3 Å². The molecule has 0 aliphatic carbocycles. The van der Waals surface area contributed by atoms with Crippen molar-refractivity contribution in [3.63, 3.8) is 0 Å². The predicted molar refractivity (Wildman–Crippen MR) is 88.4 cm³/mol. The summed E-state index contributed by atoms with van der Waals surface area (Å²) in [6.07, 6.45) is 3.81. The van der Waals surface area contributed by atoms with Gasteiger partial charge in [0, 0.05) is 12.6 Å². The monoisotopic (exact) mass is 287 g/mol. The second-order valence-corrected chi connectivity index (χ2v) is 7.04. The summed E-state index contributed by atoms with van der Waals surface area (Å²) in [7, 11) is 4.47. The van der Waals surface area contributed by atoms with Crippen molar-refractivity contribution in [3.8, 4) is 0 Å². The van der Waals surface area contributed by atoms with Crippen LogP contribution in [0, 0.1) is 5.92 Å². The van der Waals surface area contributed by atoms with E-state index in [1.165, 1.54) is 37.9 Å². The summed E-state index contributed by atoms with van der Waals surface area (Å²) >= 11 is 0. The van der Waals surface area contributed by atoms with Crippen molar-refractivity contribution in [1.29, 1.82) is 0 Å². The summed E-state index contributed by atoms with van der Waals surface area (Å²) in [6, 6.07) is 9.92. The number of rotatable bonds is 3. The van der Waals surface area contributed by atoms with E-state index in [0.717, 1.165) is 19.0 Å². The van der Waals surface area contributed by atoms with Crippen molar-refractivity contribution in [1.82, 2.24) is 9.80 Å². The Morgan fingerprint density at radius 3 is 2.52 bits per heavy atom. The lowest BCUT2D eigenvalue weighted by Crippen LogP contribution is -2.29. The Morgan fingerprint density at radius 2 is 1.86 bits per heavy atom. The average molecular weight is 287 g/mol. The molecule has 0 aromatic heterocycles. The molecule has 2 heterocycles. The predicted octanol–water partition coefficient (Wildman–Crippen LogP) is 2.45. The topological polar surface area (TPSA) is 32.5 Å². The van der Waals surface area contributed by atoms with Crippen LogP contribution in [0.3, 0.4) is 0 Å². The van der Waals surface area contributed by atoms with Crippen LogP contribution < -0.4 is 5.73 Å². The minimum absolute atomic E-state index is 0.560. The second-order valence-electron chi connectivity index (χ2n) is 7.04. The molecule has 0 radical (unpaired) electrons. The van der Waals surface area contributed by atoms with E-state index in [1.54, 1.807) is 5.56 Å². The van der Waals surface area contributed by atoms with Crippen molar-refractivity contribution in [2.24, 2.45) is 11.7 Å². The molecule has 0 bridgehead atoms. The molecule has 21 heavy (non-hydrogen) atoms. The van der Waals surface area contributed by atoms with Crippen LogP contribution in [0.5, 0.6) is 0 Å². The lowest BCUT2D eigenvalue weighted by atomic mass is 9.87. The van der Waals surface area contributed by atoms with E-state index in [4.69, 9.17) is 5.73 Å². The molecular weight excluding hydrogens is 258 g/mol. The zero-order chi connectivity index (χ0) is 14.8. The van der Waals surface area contributed by atoms with Gasteiger partial charge in [0.25, 0.3) is 0 Å². The van der Waals surface area contributed by atoms with Gasteiger partial charge in [0.15, 0.2) is 0 Å². The standard InChI is InChI=1S/C18H29N3/c1-20-8-6-15(7-9-20)16-4-3-5-17(11-16)18-10-14(12-19)13-21(18)2/h3-5,11,14-15,18H,6-10,12-13,19H2,1-2H3. The van der Waals surface area contributed by atoms with Crippen LogP contribution >= 0.6 is 0 Å². The number of benzene rings is 1. The molecule has 0 spiro atoms. The summed E-state index contributed by atoms with van der Waals surface area (Å²) in [4.78, 5) is 4.92. The molecule has 116 valence electrons. The Labute approximate surface area is 129 Å². The number of likely N-dealkylation sites (tertiary alicyclic amines) is 2. The van der Waals surface area contributed by atoms with Gasteiger partial charge in [-0.1, -0.05) is 24.3 Å². The Hall–Kier alpha value is -0.900. The number of piperidine rings is 1. The summed E-state index contributed by atoms with van der Waals surface area (Å²) in [5.74, 6) is 1.41. The van der Waals surface area contributed by atoms with Crippen molar-refractivity contribution >= 4 is 0 Å². The molecule has 3 rings (SSSR count). The molecular formula is C18H29N3. The van der Waals surface area contributed by atoms with Crippen molar-refractivity contribution in [3.05, 3.63) is 35.4 Å². The van der Waals surface area contributed by atoms with E-state index >= 15 is 0 Å². The molecule has 2 atom stereocenters. The van der Waals surface area contributed by atoms with Gasteiger partial charge in [0.05, 0.1) is 0 Å². The molecule has 1 aromatic carbocycles. The molecule has 2 saturated heterocycles. The zero-order valence-corrected chi connectivity index (χ0v) is 13.5. The summed E-state index contributed by atoms with van der Waals surface area (Å²) < 4.78 is 0. The second kappa shape index (κ2) is 6.47. The Bertz CT molecular complexity index is 465. The highest BCUT2D eigenvalue weighted by Crippen LogP contribution is 2.36. The summed E-state index contributed by atoms with van der Waals surface area (Å²) in [5.41, 5.74) is 8.90. The molecule has 3 nitrogen and oxygen atoms in total. The maximum absolute atomic E-state index is 5.86. The average Bonchev–Trinajstić information content (AvgIpc) is 2.89. The van der Waals surface area contributed by atoms with Gasteiger partial charge in [0.1, 0.15) is 0 Å². The Kier molecular flexibility index (Phi) is 4.63. The van der Waals surface area contributed by atoms with E-state index in [9.17, 15) is 0 Å². The molecule has 2 fully saturated rings. The van der Waals surface area contributed by atoms with Gasteiger partial charge >= 0.3 is 0 Å². The molecule has 3 heteroatoms.